The highest BCUT2D eigenvalue weighted by molar-refractivity contribution is 7.92. The minimum atomic E-state index is -3.90. The van der Waals surface area contributed by atoms with Gasteiger partial charge < -0.3 is 10.1 Å². The second kappa shape index (κ2) is 9.33. The molecule has 0 saturated heterocycles. The van der Waals surface area contributed by atoms with Crippen molar-refractivity contribution in [1.29, 1.82) is 0 Å². The number of benzene rings is 1. The highest BCUT2D eigenvalue weighted by Gasteiger charge is 2.28. The molecule has 0 atom stereocenters. The number of fused-ring (bicyclic) bond motifs is 1. The molecule has 2 heterocycles. The minimum Gasteiger partial charge on any atom is -0.462 e. The first-order chi connectivity index (χ1) is 15.0. The number of esters is 1. The van der Waals surface area contributed by atoms with Gasteiger partial charge in [-0.05, 0) is 49.6 Å². The molecule has 0 bridgehead atoms. The normalized spacial score (nSPS) is 14.2. The van der Waals surface area contributed by atoms with E-state index in [0.29, 0.717) is 16.1 Å². The molecule has 0 saturated carbocycles. The number of rotatable bonds is 6. The highest BCUT2D eigenvalue weighted by atomic mass is 32.2. The van der Waals surface area contributed by atoms with Gasteiger partial charge in [0, 0.05) is 10.4 Å². The lowest BCUT2D eigenvalue weighted by atomic mass is 9.95. The van der Waals surface area contributed by atoms with Crippen LogP contribution in [0.5, 0.6) is 0 Å². The Hall–Kier alpha value is -2.49. The number of aryl methyl sites for hydroxylation is 1. The monoisotopic (exact) mass is 474 g/mol. The van der Waals surface area contributed by atoms with Crippen molar-refractivity contribution in [2.45, 2.75) is 36.8 Å². The van der Waals surface area contributed by atoms with Crippen LogP contribution in [0.25, 0.3) is 0 Å². The molecule has 0 amide bonds. The molecule has 162 valence electrons. The number of nitrogens with zero attached hydrogens (tertiary/aromatic N) is 1. The molecule has 3 aromatic rings. The Bertz CT molecular complexity index is 1200. The van der Waals surface area contributed by atoms with E-state index in [1.807, 2.05) is 18.2 Å². The van der Waals surface area contributed by atoms with Crippen LogP contribution >= 0.6 is 22.7 Å². The standard InChI is InChI=1S/C22H22N2O4S3/c1-2-28-22(25)19-16-11-6-7-12-17(16)30-21(19)23-20(15-9-4-3-5-10-15)24-31(26,27)18-13-8-14-29-18/h3-5,8-10,13-14H,2,6-7,11-12H2,1H3,(H,23,24). The summed E-state index contributed by atoms with van der Waals surface area (Å²) in [4.78, 5) is 13.9. The molecule has 0 fully saturated rings. The molecule has 2 aromatic heterocycles. The number of hydrogen-bond donors (Lipinski definition) is 1. The van der Waals surface area contributed by atoms with Crippen LogP contribution in [-0.4, -0.2) is 26.8 Å². The fourth-order valence-electron chi connectivity index (χ4n) is 3.50. The molecule has 6 nitrogen and oxygen atoms in total. The molecule has 0 radical (unpaired) electrons. The van der Waals surface area contributed by atoms with E-state index in [1.54, 1.807) is 30.5 Å². The molecule has 4 rings (SSSR count). The van der Waals surface area contributed by atoms with Crippen molar-refractivity contribution in [3.63, 3.8) is 0 Å². The number of thiophene rings is 2. The van der Waals surface area contributed by atoms with E-state index in [9.17, 15) is 13.2 Å². The molecule has 1 N–H and O–H groups in total. The largest absolute Gasteiger partial charge is 0.462 e. The zero-order valence-electron chi connectivity index (χ0n) is 17.0. The number of ether oxygens (including phenoxy) is 1. The van der Waals surface area contributed by atoms with E-state index in [2.05, 4.69) is 9.71 Å². The van der Waals surface area contributed by atoms with Crippen LogP contribution < -0.4 is 5.32 Å². The van der Waals surface area contributed by atoms with Gasteiger partial charge >= 0.3 is 5.97 Å². The SMILES string of the molecule is CCOC(=O)c1c(N/C(=N\S(=O)(=O)c2cccs2)c2ccccc2)sc2c1CCCC2. The molecule has 1 aliphatic rings. The fourth-order valence-corrected chi connectivity index (χ4v) is 6.72. The summed E-state index contributed by atoms with van der Waals surface area (Å²) in [7, 11) is -3.90. The predicted molar refractivity (Wildman–Crippen MR) is 125 cm³/mol. The zero-order valence-corrected chi connectivity index (χ0v) is 19.4. The molecule has 1 aromatic carbocycles. The predicted octanol–water partition coefficient (Wildman–Crippen LogP) is 5.11. The van der Waals surface area contributed by atoms with Gasteiger partial charge in [-0.25, -0.2) is 4.79 Å². The molecule has 1 aliphatic carbocycles. The van der Waals surface area contributed by atoms with Gasteiger partial charge in [0.1, 0.15) is 9.21 Å². The number of carbonyl (C=O) groups excluding carboxylic acids is 1. The van der Waals surface area contributed by atoms with Crippen LogP contribution in [0.4, 0.5) is 5.00 Å². The van der Waals surface area contributed by atoms with Gasteiger partial charge in [-0.1, -0.05) is 36.4 Å². The molecule has 9 heteroatoms. The first-order valence-electron chi connectivity index (χ1n) is 10.0. The van der Waals surface area contributed by atoms with Gasteiger partial charge in [0.15, 0.2) is 5.84 Å². The summed E-state index contributed by atoms with van der Waals surface area (Å²) < 4.78 is 35.3. The molecular formula is C22H22N2O4S3. The van der Waals surface area contributed by atoms with Gasteiger partial charge in [-0.3, -0.25) is 0 Å². The van der Waals surface area contributed by atoms with Gasteiger partial charge in [0.25, 0.3) is 10.0 Å². The van der Waals surface area contributed by atoms with Crippen molar-refractivity contribution in [1.82, 2.24) is 0 Å². The Morgan fingerprint density at radius 3 is 2.61 bits per heavy atom. The first kappa shape index (κ1) is 21.7. The number of carbonyl (C=O) groups is 1. The molecule has 0 aliphatic heterocycles. The lowest BCUT2D eigenvalue weighted by molar-refractivity contribution is 0.0526. The lowest BCUT2D eigenvalue weighted by Crippen LogP contribution is -2.18. The van der Waals surface area contributed by atoms with Crippen molar-refractivity contribution in [2.24, 2.45) is 4.40 Å². The maximum Gasteiger partial charge on any atom is 0.341 e. The third-order valence-corrected chi connectivity index (χ3v) is 8.75. The Balaban J connectivity index is 1.81. The quantitative estimate of drug-likeness (QED) is 0.305. The van der Waals surface area contributed by atoms with Crippen molar-refractivity contribution in [3.05, 3.63) is 69.4 Å². The van der Waals surface area contributed by atoms with Gasteiger partial charge in [0.2, 0.25) is 0 Å². The summed E-state index contributed by atoms with van der Waals surface area (Å²) in [5.41, 5.74) is 2.12. The third kappa shape index (κ3) is 4.73. The van der Waals surface area contributed by atoms with Crippen molar-refractivity contribution >= 4 is 49.5 Å². The Morgan fingerprint density at radius 2 is 1.90 bits per heavy atom. The number of sulfonamides is 1. The van der Waals surface area contributed by atoms with E-state index in [-0.39, 0.29) is 16.7 Å². The highest BCUT2D eigenvalue weighted by Crippen LogP contribution is 2.39. The Labute approximate surface area is 189 Å². The summed E-state index contributed by atoms with van der Waals surface area (Å²) in [6.45, 7) is 2.05. The second-order valence-corrected chi connectivity index (χ2v) is 10.9. The molecule has 31 heavy (non-hydrogen) atoms. The topological polar surface area (TPSA) is 84.8 Å². The smallest absolute Gasteiger partial charge is 0.341 e. The number of hydrogen-bond acceptors (Lipinski definition) is 6. The molecule has 0 unspecified atom stereocenters. The van der Waals surface area contributed by atoms with Crippen molar-refractivity contribution in [3.8, 4) is 0 Å². The van der Waals surface area contributed by atoms with Crippen molar-refractivity contribution in [2.75, 3.05) is 11.9 Å². The van der Waals surface area contributed by atoms with E-state index in [1.165, 1.54) is 17.4 Å². The maximum atomic E-state index is 12.9. The fraction of sp³-hybridized carbons (Fsp3) is 0.273. The van der Waals surface area contributed by atoms with Crippen LogP contribution in [0.2, 0.25) is 0 Å². The summed E-state index contributed by atoms with van der Waals surface area (Å²) in [5.74, 6) is -0.212. The average molecular weight is 475 g/mol. The second-order valence-electron chi connectivity index (χ2n) is 6.97. The minimum absolute atomic E-state index is 0.166. The summed E-state index contributed by atoms with van der Waals surface area (Å²) >= 11 is 2.59. The van der Waals surface area contributed by atoms with Crippen LogP contribution in [0.15, 0.2) is 56.5 Å². The number of amidine groups is 1. The van der Waals surface area contributed by atoms with Crippen LogP contribution in [0.3, 0.4) is 0 Å². The van der Waals surface area contributed by atoms with E-state index in [4.69, 9.17) is 4.74 Å². The van der Waals surface area contributed by atoms with Gasteiger partial charge in [0.05, 0.1) is 12.2 Å². The molecular weight excluding hydrogens is 452 g/mol. The van der Waals surface area contributed by atoms with Gasteiger partial charge in [-0.2, -0.15) is 8.42 Å². The van der Waals surface area contributed by atoms with E-state index >= 15 is 0 Å². The van der Waals surface area contributed by atoms with Crippen LogP contribution in [-0.2, 0) is 27.6 Å². The summed E-state index contributed by atoms with van der Waals surface area (Å²) in [6.07, 6.45) is 3.80. The van der Waals surface area contributed by atoms with E-state index < -0.39 is 16.0 Å². The zero-order chi connectivity index (χ0) is 21.8. The van der Waals surface area contributed by atoms with Crippen molar-refractivity contribution < 1.29 is 17.9 Å². The lowest BCUT2D eigenvalue weighted by Gasteiger charge is -2.13. The number of anilines is 1. The van der Waals surface area contributed by atoms with Gasteiger partial charge in [-0.15, -0.1) is 27.1 Å². The summed E-state index contributed by atoms with van der Waals surface area (Å²) in [6, 6.07) is 12.3. The van der Waals surface area contributed by atoms with Crippen LogP contribution in [0.1, 0.15) is 46.1 Å². The summed E-state index contributed by atoms with van der Waals surface area (Å²) in [5, 5.41) is 5.45. The molecule has 0 spiro atoms. The number of nitrogens with one attached hydrogen (secondary N) is 1. The first-order valence-corrected chi connectivity index (χ1v) is 13.2. The Morgan fingerprint density at radius 1 is 1.13 bits per heavy atom. The third-order valence-electron chi connectivity index (χ3n) is 4.89. The average Bonchev–Trinajstić information content (AvgIpc) is 3.42. The van der Waals surface area contributed by atoms with Crippen LogP contribution in [0, 0.1) is 0 Å². The maximum absolute atomic E-state index is 12.9. The van der Waals surface area contributed by atoms with E-state index in [0.717, 1.165) is 47.5 Å². The Kier molecular flexibility index (Phi) is 6.54.